The molecule has 2 N–H and O–H groups in total. The molecule has 3 aromatic carbocycles. The van der Waals surface area contributed by atoms with Crippen LogP contribution < -0.4 is 4.72 Å². The van der Waals surface area contributed by atoms with Gasteiger partial charge in [0.1, 0.15) is 0 Å². The lowest BCUT2D eigenvalue weighted by Crippen LogP contribution is -2.14. The highest BCUT2D eigenvalue weighted by Gasteiger charge is 2.20. The van der Waals surface area contributed by atoms with E-state index in [1.54, 1.807) is 12.1 Å². The van der Waals surface area contributed by atoms with Crippen LogP contribution in [0.3, 0.4) is 0 Å². The molecule has 0 radical (unpaired) electrons. The number of hydrogen-bond acceptors (Lipinski definition) is 5. The number of hydrogen-bond donors (Lipinski definition) is 2. The van der Waals surface area contributed by atoms with Gasteiger partial charge in [-0.25, -0.2) is 8.42 Å². The first-order valence-electron chi connectivity index (χ1n) is 9.75. The predicted molar refractivity (Wildman–Crippen MR) is 128 cm³/mol. The number of sulfonamides is 1. The third-order valence-corrected chi connectivity index (χ3v) is 8.07. The minimum absolute atomic E-state index is 0.0249. The SMILES string of the molecule is Cc1ccc(S(=O)(=O)Nc2ccc(S(=O)(=O)O)cc2Sc2ccc(C(C)(C)C)cc2)cc1. The normalized spacial score (nSPS) is 12.5. The smallest absolute Gasteiger partial charge is 0.282 e. The monoisotopic (exact) mass is 491 g/mol. The molecular formula is C23H25NO5S3. The molecule has 9 heteroatoms. The Balaban J connectivity index is 2.00. The minimum Gasteiger partial charge on any atom is -0.282 e. The van der Waals surface area contributed by atoms with Crippen molar-refractivity contribution in [3.05, 3.63) is 77.9 Å². The summed E-state index contributed by atoms with van der Waals surface area (Å²) in [5.41, 5.74) is 2.25. The highest BCUT2D eigenvalue weighted by Crippen LogP contribution is 2.37. The number of nitrogens with one attached hydrogen (secondary N) is 1. The van der Waals surface area contributed by atoms with Gasteiger partial charge in [0, 0.05) is 9.79 Å². The zero-order valence-electron chi connectivity index (χ0n) is 18.2. The van der Waals surface area contributed by atoms with E-state index >= 15 is 0 Å². The van der Waals surface area contributed by atoms with Gasteiger partial charge in [-0.3, -0.25) is 9.27 Å². The van der Waals surface area contributed by atoms with Gasteiger partial charge < -0.3 is 0 Å². The first-order chi connectivity index (χ1) is 14.8. The molecule has 0 atom stereocenters. The van der Waals surface area contributed by atoms with Crippen molar-refractivity contribution in [2.75, 3.05) is 4.72 Å². The fourth-order valence-electron chi connectivity index (χ4n) is 2.90. The van der Waals surface area contributed by atoms with Crippen molar-refractivity contribution in [2.45, 2.75) is 52.7 Å². The van der Waals surface area contributed by atoms with Gasteiger partial charge >= 0.3 is 0 Å². The van der Waals surface area contributed by atoms with Gasteiger partial charge in [0.25, 0.3) is 20.1 Å². The van der Waals surface area contributed by atoms with Crippen LogP contribution in [-0.2, 0) is 25.6 Å². The summed E-state index contributed by atoms with van der Waals surface area (Å²) in [7, 11) is -8.35. The van der Waals surface area contributed by atoms with Crippen LogP contribution in [0.2, 0.25) is 0 Å². The van der Waals surface area contributed by atoms with Gasteiger partial charge in [-0.15, -0.1) is 0 Å². The highest BCUT2D eigenvalue weighted by molar-refractivity contribution is 7.99. The van der Waals surface area contributed by atoms with Crippen LogP contribution >= 0.6 is 11.8 Å². The molecule has 0 aromatic heterocycles. The van der Waals surface area contributed by atoms with Crippen molar-refractivity contribution in [2.24, 2.45) is 0 Å². The van der Waals surface area contributed by atoms with Crippen molar-refractivity contribution in [1.29, 1.82) is 0 Å². The Morgan fingerprint density at radius 2 is 1.38 bits per heavy atom. The Morgan fingerprint density at radius 3 is 1.91 bits per heavy atom. The van der Waals surface area contributed by atoms with Crippen LogP contribution in [0.5, 0.6) is 0 Å². The van der Waals surface area contributed by atoms with E-state index in [0.29, 0.717) is 4.90 Å². The lowest BCUT2D eigenvalue weighted by Gasteiger charge is -2.19. The van der Waals surface area contributed by atoms with Crippen LogP contribution in [0.25, 0.3) is 0 Å². The van der Waals surface area contributed by atoms with Gasteiger partial charge in [-0.1, -0.05) is 62.4 Å². The van der Waals surface area contributed by atoms with Crippen molar-refractivity contribution in [3.8, 4) is 0 Å². The Kier molecular flexibility index (Phi) is 6.76. The predicted octanol–water partition coefficient (Wildman–Crippen LogP) is 5.49. The molecule has 0 aliphatic rings. The van der Waals surface area contributed by atoms with E-state index in [-0.39, 0.29) is 20.9 Å². The summed E-state index contributed by atoms with van der Waals surface area (Å²) in [6, 6.07) is 17.9. The van der Waals surface area contributed by atoms with E-state index in [9.17, 15) is 21.4 Å². The van der Waals surface area contributed by atoms with Gasteiger partial charge in [0.05, 0.1) is 15.5 Å². The zero-order valence-corrected chi connectivity index (χ0v) is 20.6. The molecule has 0 spiro atoms. The van der Waals surface area contributed by atoms with Crippen LogP contribution in [0, 0.1) is 6.92 Å². The second-order valence-electron chi connectivity index (χ2n) is 8.43. The maximum atomic E-state index is 12.9. The lowest BCUT2D eigenvalue weighted by molar-refractivity contribution is 0.483. The van der Waals surface area contributed by atoms with Gasteiger partial charge in [-0.05, 0) is 60.4 Å². The summed E-state index contributed by atoms with van der Waals surface area (Å²) in [4.78, 5) is 0.914. The van der Waals surface area contributed by atoms with E-state index in [4.69, 9.17) is 0 Å². The Bertz CT molecular complexity index is 1320. The second kappa shape index (κ2) is 8.90. The average molecular weight is 492 g/mol. The van der Waals surface area contributed by atoms with Gasteiger partial charge in [0.2, 0.25) is 0 Å². The van der Waals surface area contributed by atoms with Crippen LogP contribution in [-0.4, -0.2) is 21.4 Å². The minimum atomic E-state index is -4.45. The molecule has 32 heavy (non-hydrogen) atoms. The number of aryl methyl sites for hydroxylation is 1. The third-order valence-electron chi connectivity index (χ3n) is 4.77. The van der Waals surface area contributed by atoms with Gasteiger partial charge in [-0.2, -0.15) is 8.42 Å². The molecule has 3 aromatic rings. The molecule has 0 saturated heterocycles. The number of anilines is 1. The van der Waals surface area contributed by atoms with Crippen molar-refractivity contribution >= 4 is 37.6 Å². The van der Waals surface area contributed by atoms with E-state index in [0.717, 1.165) is 22.1 Å². The average Bonchev–Trinajstić information content (AvgIpc) is 2.68. The molecule has 0 heterocycles. The first-order valence-corrected chi connectivity index (χ1v) is 13.5. The largest absolute Gasteiger partial charge is 0.294 e. The van der Waals surface area contributed by atoms with Crippen molar-refractivity contribution in [3.63, 3.8) is 0 Å². The second-order valence-corrected chi connectivity index (χ2v) is 12.6. The third kappa shape index (κ3) is 5.92. The molecule has 0 fully saturated rings. The summed E-state index contributed by atoms with van der Waals surface area (Å²) in [5, 5.41) is 0. The zero-order chi connectivity index (χ0) is 23.7. The lowest BCUT2D eigenvalue weighted by atomic mass is 9.87. The molecule has 170 valence electrons. The Labute approximate surface area is 193 Å². The fourth-order valence-corrected chi connectivity index (χ4v) is 5.57. The molecule has 3 rings (SSSR count). The standard InChI is InChI=1S/C23H25NO5S3/c1-16-5-11-19(12-6-16)31(25,26)24-21-14-13-20(32(27,28)29)15-22(21)30-18-9-7-17(8-10-18)23(2,3)4/h5-15,24H,1-4H3,(H,27,28,29). The molecule has 0 aliphatic carbocycles. The number of rotatable bonds is 6. The molecule has 6 nitrogen and oxygen atoms in total. The van der Waals surface area contributed by atoms with Crippen LogP contribution in [0.15, 0.2) is 86.3 Å². The summed E-state index contributed by atoms with van der Waals surface area (Å²) >= 11 is 1.20. The summed E-state index contributed by atoms with van der Waals surface area (Å²) < 4.78 is 61.0. The maximum Gasteiger partial charge on any atom is 0.294 e. The molecule has 0 aliphatic heterocycles. The van der Waals surface area contributed by atoms with Crippen molar-refractivity contribution < 1.29 is 21.4 Å². The first kappa shape index (κ1) is 24.3. The Morgan fingerprint density at radius 1 is 0.812 bits per heavy atom. The van der Waals surface area contributed by atoms with Crippen LogP contribution in [0.1, 0.15) is 31.9 Å². The van der Waals surface area contributed by atoms with Crippen LogP contribution in [0.4, 0.5) is 5.69 Å². The highest BCUT2D eigenvalue weighted by atomic mass is 32.2. The molecule has 0 amide bonds. The summed E-state index contributed by atoms with van der Waals surface area (Å²) in [6.07, 6.45) is 0. The van der Waals surface area contributed by atoms with E-state index in [1.807, 2.05) is 31.2 Å². The molecule has 0 bridgehead atoms. The van der Waals surface area contributed by atoms with E-state index < -0.39 is 20.1 Å². The molecular weight excluding hydrogens is 466 g/mol. The molecule has 0 unspecified atom stereocenters. The Hall–Kier alpha value is -2.33. The quantitative estimate of drug-likeness (QED) is 0.442. The molecule has 0 saturated carbocycles. The topological polar surface area (TPSA) is 101 Å². The fraction of sp³-hybridized carbons (Fsp3) is 0.217. The van der Waals surface area contributed by atoms with E-state index in [1.165, 1.54) is 36.0 Å². The summed E-state index contributed by atoms with van der Waals surface area (Å²) in [6.45, 7) is 8.16. The number of benzene rings is 3. The van der Waals surface area contributed by atoms with Gasteiger partial charge in [0.15, 0.2) is 0 Å². The van der Waals surface area contributed by atoms with Crippen molar-refractivity contribution in [1.82, 2.24) is 0 Å². The maximum absolute atomic E-state index is 12.9. The summed E-state index contributed by atoms with van der Waals surface area (Å²) in [5.74, 6) is 0. The van der Waals surface area contributed by atoms with E-state index in [2.05, 4.69) is 25.5 Å².